The summed E-state index contributed by atoms with van der Waals surface area (Å²) in [6, 6.07) is 12.8. The predicted molar refractivity (Wildman–Crippen MR) is 137 cm³/mol. The number of carboxylic acid groups (broad SMARTS) is 1. The minimum absolute atomic E-state index is 0.0817. The maximum atomic E-state index is 13.9. The lowest BCUT2D eigenvalue weighted by Gasteiger charge is -2.31. The van der Waals surface area contributed by atoms with E-state index in [1.807, 2.05) is 0 Å². The molecule has 2 aromatic carbocycles. The van der Waals surface area contributed by atoms with Crippen molar-refractivity contribution in [2.75, 3.05) is 13.2 Å². The molecule has 2 atom stereocenters. The number of fused-ring (bicyclic) bond motifs is 1. The molecule has 2 aromatic rings. The monoisotopic (exact) mass is 483 g/mol. The second-order valence-electron chi connectivity index (χ2n) is 10.2. The van der Waals surface area contributed by atoms with Gasteiger partial charge in [-0.05, 0) is 92.8 Å². The smallest absolute Gasteiger partial charge is 0.331 e. The Kier molecular flexibility index (Phi) is 9.22. The minimum atomic E-state index is -0.998. The van der Waals surface area contributed by atoms with E-state index in [0.29, 0.717) is 30.0 Å². The summed E-state index contributed by atoms with van der Waals surface area (Å²) in [5.74, 6) is -0.831. The van der Waals surface area contributed by atoms with Crippen molar-refractivity contribution in [3.05, 3.63) is 76.1 Å². The van der Waals surface area contributed by atoms with Gasteiger partial charge in [0.05, 0.1) is 18.8 Å². The van der Waals surface area contributed by atoms with Gasteiger partial charge in [-0.3, -0.25) is 0 Å². The number of benzene rings is 2. The lowest BCUT2D eigenvalue weighted by molar-refractivity contribution is -0.132. The average molecular weight is 484 g/mol. The molecule has 0 amide bonds. The van der Waals surface area contributed by atoms with Crippen molar-refractivity contribution in [1.29, 1.82) is 0 Å². The molecule has 0 heterocycles. The van der Waals surface area contributed by atoms with Crippen LogP contribution in [0.3, 0.4) is 0 Å². The molecule has 3 N–H and O–H groups in total. The molecule has 3 rings (SSSR count). The number of halogens is 1. The Morgan fingerprint density at radius 2 is 1.89 bits per heavy atom. The summed E-state index contributed by atoms with van der Waals surface area (Å²) in [4.78, 5) is 11.4. The molecule has 1 aliphatic carbocycles. The van der Waals surface area contributed by atoms with Gasteiger partial charge in [0.2, 0.25) is 0 Å². The van der Waals surface area contributed by atoms with Gasteiger partial charge in [0.15, 0.2) is 0 Å². The summed E-state index contributed by atoms with van der Waals surface area (Å²) in [5, 5.41) is 23.4. The topological polar surface area (TPSA) is 78.8 Å². The summed E-state index contributed by atoms with van der Waals surface area (Å²) in [7, 11) is 0. The highest BCUT2D eigenvalue weighted by Crippen LogP contribution is 2.32. The molecule has 0 radical (unpaired) electrons. The number of carbonyl (C=O) groups is 1. The molecule has 35 heavy (non-hydrogen) atoms. The highest BCUT2D eigenvalue weighted by Gasteiger charge is 2.28. The summed E-state index contributed by atoms with van der Waals surface area (Å²) in [5.41, 5.74) is 4.14. The zero-order valence-corrected chi connectivity index (χ0v) is 21.2. The van der Waals surface area contributed by atoms with Crippen LogP contribution in [0.2, 0.25) is 0 Å². The van der Waals surface area contributed by atoms with Gasteiger partial charge in [0.1, 0.15) is 5.82 Å². The summed E-state index contributed by atoms with van der Waals surface area (Å²) in [6.45, 7) is 8.32. The van der Waals surface area contributed by atoms with Crippen LogP contribution in [0.1, 0.15) is 68.9 Å². The van der Waals surface area contributed by atoms with Gasteiger partial charge in [0, 0.05) is 17.7 Å². The molecule has 190 valence electrons. The van der Waals surface area contributed by atoms with E-state index in [2.05, 4.69) is 43.4 Å². The molecule has 0 bridgehead atoms. The van der Waals surface area contributed by atoms with Crippen molar-refractivity contribution in [3.8, 4) is 0 Å². The number of ether oxygens (including phenoxy) is 1. The molecular formula is C29H38FNO4. The molecule has 6 heteroatoms. The number of aliphatic hydroxyl groups is 1. The maximum absolute atomic E-state index is 13.9. The average Bonchev–Trinajstić information content (AvgIpc) is 3.21. The zero-order valence-electron chi connectivity index (χ0n) is 21.2. The first-order valence-electron chi connectivity index (χ1n) is 12.4. The Balaban J connectivity index is 1.52. The second-order valence-corrected chi connectivity index (χ2v) is 10.2. The van der Waals surface area contributed by atoms with Crippen molar-refractivity contribution < 1.29 is 24.1 Å². The number of hydrogen-bond donors (Lipinski definition) is 3. The van der Waals surface area contributed by atoms with Crippen LogP contribution in [0.15, 0.2) is 48.0 Å². The maximum Gasteiger partial charge on any atom is 0.331 e. The van der Waals surface area contributed by atoms with Crippen LogP contribution in [-0.2, 0) is 22.4 Å². The van der Waals surface area contributed by atoms with E-state index in [0.717, 1.165) is 19.3 Å². The van der Waals surface area contributed by atoms with Gasteiger partial charge in [-0.2, -0.15) is 0 Å². The quantitative estimate of drug-likeness (QED) is 0.356. The van der Waals surface area contributed by atoms with E-state index < -0.39 is 24.0 Å². The standard InChI is InChI=1S/C29H38FNO4/c1-5-21(28(33)34)14-24-10-11-25(30)15-27(24)19(2)35-18-26(32)17-31-29(3,4)16-20-12-22-8-6-7-9-23(22)13-20/h6-11,14-15,19-20,26,31-32H,5,12-13,16-18H2,1-4H3,(H,33,34)/t19-,26-/m1/s1. The van der Waals surface area contributed by atoms with Crippen LogP contribution in [-0.4, -0.2) is 41.0 Å². The molecule has 5 nitrogen and oxygen atoms in total. The van der Waals surface area contributed by atoms with Gasteiger partial charge in [0.25, 0.3) is 0 Å². The number of β-amino-alcohol motifs (C(OH)–C–C–N with tert-alkyl or cyclic N) is 1. The highest BCUT2D eigenvalue weighted by atomic mass is 19.1. The van der Waals surface area contributed by atoms with Gasteiger partial charge in [-0.1, -0.05) is 37.3 Å². The molecular weight excluding hydrogens is 445 g/mol. The largest absolute Gasteiger partial charge is 0.478 e. The fourth-order valence-corrected chi connectivity index (χ4v) is 4.92. The fraction of sp³-hybridized carbons (Fsp3) is 0.483. The minimum Gasteiger partial charge on any atom is -0.478 e. The van der Waals surface area contributed by atoms with E-state index in [9.17, 15) is 19.4 Å². The lowest BCUT2D eigenvalue weighted by atomic mass is 9.88. The van der Waals surface area contributed by atoms with E-state index in [4.69, 9.17) is 4.74 Å². The van der Waals surface area contributed by atoms with Gasteiger partial charge < -0.3 is 20.3 Å². The van der Waals surface area contributed by atoms with Crippen molar-refractivity contribution in [2.24, 2.45) is 5.92 Å². The first-order chi connectivity index (χ1) is 16.6. The van der Waals surface area contributed by atoms with Crippen LogP contribution in [0.5, 0.6) is 0 Å². The Morgan fingerprint density at radius 1 is 1.23 bits per heavy atom. The highest BCUT2D eigenvalue weighted by molar-refractivity contribution is 5.92. The first-order valence-corrected chi connectivity index (χ1v) is 12.4. The van der Waals surface area contributed by atoms with Gasteiger partial charge in [-0.25, -0.2) is 9.18 Å². The van der Waals surface area contributed by atoms with E-state index in [1.54, 1.807) is 26.0 Å². The molecule has 0 aromatic heterocycles. The third-order valence-electron chi connectivity index (χ3n) is 6.76. The summed E-state index contributed by atoms with van der Waals surface area (Å²) < 4.78 is 19.8. The van der Waals surface area contributed by atoms with Crippen LogP contribution in [0, 0.1) is 11.7 Å². The fourth-order valence-electron chi connectivity index (χ4n) is 4.92. The Morgan fingerprint density at radius 3 is 2.49 bits per heavy atom. The molecule has 0 aliphatic heterocycles. The molecule has 0 saturated heterocycles. The molecule has 0 saturated carbocycles. The SMILES string of the molecule is CCC(=Cc1ccc(F)cc1[C@@H](C)OC[C@H](O)CNC(C)(C)CC1Cc2ccccc2C1)C(=O)O. The number of aliphatic hydroxyl groups excluding tert-OH is 1. The zero-order chi connectivity index (χ0) is 25.6. The molecule has 0 spiro atoms. The van der Waals surface area contributed by atoms with Crippen molar-refractivity contribution in [3.63, 3.8) is 0 Å². The molecule has 0 unspecified atom stereocenters. The van der Waals surface area contributed by atoms with Crippen molar-refractivity contribution >= 4 is 12.0 Å². The van der Waals surface area contributed by atoms with E-state index in [1.165, 1.54) is 23.3 Å². The van der Waals surface area contributed by atoms with Crippen LogP contribution >= 0.6 is 0 Å². The third-order valence-corrected chi connectivity index (χ3v) is 6.76. The van der Waals surface area contributed by atoms with Gasteiger partial charge in [-0.15, -0.1) is 0 Å². The first kappa shape index (κ1) is 27.1. The number of rotatable bonds is 12. The summed E-state index contributed by atoms with van der Waals surface area (Å²) in [6.07, 6.45) is 3.87. The lowest BCUT2D eigenvalue weighted by Crippen LogP contribution is -2.45. The van der Waals surface area contributed by atoms with Crippen LogP contribution < -0.4 is 5.32 Å². The van der Waals surface area contributed by atoms with Crippen LogP contribution in [0.4, 0.5) is 4.39 Å². The molecule has 0 fully saturated rings. The number of nitrogens with one attached hydrogen (secondary N) is 1. The second kappa shape index (κ2) is 11.9. The predicted octanol–water partition coefficient (Wildman–Crippen LogP) is 5.32. The Labute approximate surface area is 208 Å². The summed E-state index contributed by atoms with van der Waals surface area (Å²) >= 11 is 0. The Bertz CT molecular complexity index is 1020. The third kappa shape index (κ3) is 7.72. The van der Waals surface area contributed by atoms with Crippen molar-refractivity contribution in [1.82, 2.24) is 5.32 Å². The Hall–Kier alpha value is -2.54. The van der Waals surface area contributed by atoms with Crippen molar-refractivity contribution in [2.45, 2.75) is 71.1 Å². The van der Waals surface area contributed by atoms with E-state index in [-0.39, 0.29) is 17.7 Å². The van der Waals surface area contributed by atoms with Crippen LogP contribution in [0.25, 0.3) is 6.08 Å². The normalized spacial score (nSPS) is 16.2. The number of aliphatic carboxylic acids is 1. The van der Waals surface area contributed by atoms with E-state index >= 15 is 0 Å². The molecule has 1 aliphatic rings. The number of hydrogen-bond acceptors (Lipinski definition) is 4. The number of carboxylic acids is 1. The van der Waals surface area contributed by atoms with Gasteiger partial charge >= 0.3 is 5.97 Å².